The van der Waals surface area contributed by atoms with Crippen LogP contribution in [-0.2, 0) is 9.53 Å². The molecule has 0 aromatic heterocycles. The molecule has 7 nitrogen and oxygen atoms in total. The van der Waals surface area contributed by atoms with Gasteiger partial charge in [0, 0.05) is 58.1 Å². The summed E-state index contributed by atoms with van der Waals surface area (Å²) in [5.74, 6) is 1.11. The van der Waals surface area contributed by atoms with Crippen LogP contribution in [0.3, 0.4) is 0 Å². The number of para-hydroxylation sites is 1. The molecular formula is C21H34IN5O2. The van der Waals surface area contributed by atoms with Crippen molar-refractivity contribution in [2.24, 2.45) is 4.99 Å². The molecule has 2 aliphatic heterocycles. The van der Waals surface area contributed by atoms with Crippen molar-refractivity contribution < 1.29 is 9.53 Å². The van der Waals surface area contributed by atoms with Gasteiger partial charge in [0.15, 0.2) is 5.96 Å². The maximum absolute atomic E-state index is 12.5. The largest absolute Gasteiger partial charge is 0.385 e. The zero-order chi connectivity index (χ0) is 19.6. The molecule has 3 rings (SSSR count). The fourth-order valence-electron chi connectivity index (χ4n) is 3.59. The molecule has 0 saturated carbocycles. The quantitative estimate of drug-likeness (QED) is 0.253. The van der Waals surface area contributed by atoms with E-state index in [1.165, 1.54) is 0 Å². The van der Waals surface area contributed by atoms with E-state index in [0.717, 1.165) is 76.7 Å². The highest BCUT2D eigenvalue weighted by molar-refractivity contribution is 14.0. The molecule has 2 fully saturated rings. The Morgan fingerprint density at radius 3 is 2.55 bits per heavy atom. The number of aliphatic imine (C=N–C) groups is 1. The van der Waals surface area contributed by atoms with Gasteiger partial charge < -0.3 is 25.2 Å². The van der Waals surface area contributed by atoms with E-state index >= 15 is 0 Å². The minimum absolute atomic E-state index is 0. The molecule has 0 spiro atoms. The first-order valence-electron chi connectivity index (χ1n) is 10.5. The Hall–Kier alpha value is -1.55. The van der Waals surface area contributed by atoms with E-state index < -0.39 is 0 Å². The summed E-state index contributed by atoms with van der Waals surface area (Å²) in [5, 5.41) is 6.80. The Kier molecular flexibility index (Phi) is 10.5. The molecule has 2 N–H and O–H groups in total. The number of amides is 1. The van der Waals surface area contributed by atoms with Gasteiger partial charge in [-0.15, -0.1) is 24.0 Å². The molecule has 1 atom stereocenters. The van der Waals surface area contributed by atoms with Crippen LogP contribution in [0.5, 0.6) is 0 Å². The molecule has 1 aromatic rings. The summed E-state index contributed by atoms with van der Waals surface area (Å²) < 4.78 is 5.54. The van der Waals surface area contributed by atoms with Gasteiger partial charge in [-0.25, -0.2) is 0 Å². The van der Waals surface area contributed by atoms with Crippen LogP contribution in [0.1, 0.15) is 26.2 Å². The minimum Gasteiger partial charge on any atom is -0.385 e. The van der Waals surface area contributed by atoms with Crippen LogP contribution in [0.25, 0.3) is 0 Å². The second-order valence-electron chi connectivity index (χ2n) is 7.20. The van der Waals surface area contributed by atoms with Crippen molar-refractivity contribution in [2.75, 3.05) is 57.7 Å². The zero-order valence-electron chi connectivity index (χ0n) is 17.3. The molecule has 1 aromatic carbocycles. The normalized spacial score (nSPS) is 19.6. The third-order valence-electron chi connectivity index (χ3n) is 5.13. The standard InChI is InChI=1S/C21H33N5O2.HI/c1-2-22-21(24-12-7-11-23-18-8-4-3-5-9-18)26-15-13-25(14-16-26)20(27)19-10-6-17-28-19;/h3-5,8-9,19,23H,2,6-7,10-17H2,1H3,(H,22,24);1H. The number of ether oxygens (including phenoxy) is 1. The van der Waals surface area contributed by atoms with Crippen molar-refractivity contribution in [3.8, 4) is 0 Å². The van der Waals surface area contributed by atoms with E-state index in [0.29, 0.717) is 6.61 Å². The summed E-state index contributed by atoms with van der Waals surface area (Å²) >= 11 is 0. The first-order chi connectivity index (χ1) is 13.8. The van der Waals surface area contributed by atoms with Crippen molar-refractivity contribution >= 4 is 41.5 Å². The number of anilines is 1. The molecule has 0 aliphatic carbocycles. The fourth-order valence-corrected chi connectivity index (χ4v) is 3.59. The minimum atomic E-state index is -0.217. The van der Waals surface area contributed by atoms with Crippen molar-refractivity contribution in [1.82, 2.24) is 15.1 Å². The zero-order valence-corrected chi connectivity index (χ0v) is 19.6. The highest BCUT2D eigenvalue weighted by Gasteiger charge is 2.30. The number of carbonyl (C=O) groups is 1. The van der Waals surface area contributed by atoms with Gasteiger partial charge >= 0.3 is 0 Å². The van der Waals surface area contributed by atoms with Crippen molar-refractivity contribution in [1.29, 1.82) is 0 Å². The Bertz CT molecular complexity index is 629. The van der Waals surface area contributed by atoms with Crippen LogP contribution in [0.15, 0.2) is 35.3 Å². The predicted octanol–water partition coefficient (Wildman–Crippen LogP) is 2.40. The highest BCUT2D eigenvalue weighted by Crippen LogP contribution is 2.16. The van der Waals surface area contributed by atoms with Gasteiger partial charge in [0.1, 0.15) is 6.10 Å². The van der Waals surface area contributed by atoms with Gasteiger partial charge in [0.2, 0.25) is 0 Å². The number of carbonyl (C=O) groups excluding carboxylic acids is 1. The first-order valence-corrected chi connectivity index (χ1v) is 10.5. The van der Waals surface area contributed by atoms with E-state index in [4.69, 9.17) is 9.73 Å². The van der Waals surface area contributed by atoms with Crippen molar-refractivity contribution in [2.45, 2.75) is 32.3 Å². The van der Waals surface area contributed by atoms with Gasteiger partial charge in [0.25, 0.3) is 5.91 Å². The Labute approximate surface area is 191 Å². The maximum atomic E-state index is 12.5. The number of benzene rings is 1. The van der Waals surface area contributed by atoms with Crippen molar-refractivity contribution in [3.05, 3.63) is 30.3 Å². The van der Waals surface area contributed by atoms with Crippen LogP contribution in [0.4, 0.5) is 5.69 Å². The smallest absolute Gasteiger partial charge is 0.251 e. The van der Waals surface area contributed by atoms with E-state index in [9.17, 15) is 4.79 Å². The van der Waals surface area contributed by atoms with Gasteiger partial charge in [-0.05, 0) is 38.3 Å². The lowest BCUT2D eigenvalue weighted by molar-refractivity contribution is -0.142. The number of halogens is 1. The highest BCUT2D eigenvalue weighted by atomic mass is 127. The number of guanidine groups is 1. The van der Waals surface area contributed by atoms with Gasteiger partial charge in [-0.3, -0.25) is 9.79 Å². The molecule has 2 heterocycles. The van der Waals surface area contributed by atoms with Gasteiger partial charge in [-0.1, -0.05) is 18.2 Å². The molecule has 1 unspecified atom stereocenters. The summed E-state index contributed by atoms with van der Waals surface area (Å²) in [7, 11) is 0. The molecule has 162 valence electrons. The second-order valence-corrected chi connectivity index (χ2v) is 7.20. The summed E-state index contributed by atoms with van der Waals surface area (Å²) in [4.78, 5) is 21.5. The number of rotatable bonds is 7. The van der Waals surface area contributed by atoms with E-state index in [2.05, 4.69) is 34.6 Å². The number of piperazine rings is 1. The lowest BCUT2D eigenvalue weighted by atomic mass is 10.2. The van der Waals surface area contributed by atoms with Crippen LogP contribution < -0.4 is 10.6 Å². The fraction of sp³-hybridized carbons (Fsp3) is 0.619. The average Bonchev–Trinajstić information content (AvgIpc) is 3.28. The monoisotopic (exact) mass is 515 g/mol. The van der Waals surface area contributed by atoms with Crippen LogP contribution >= 0.6 is 24.0 Å². The van der Waals surface area contributed by atoms with Crippen LogP contribution in [0.2, 0.25) is 0 Å². The third kappa shape index (κ3) is 7.33. The second kappa shape index (κ2) is 12.9. The van der Waals surface area contributed by atoms with E-state index in [1.807, 2.05) is 23.1 Å². The van der Waals surface area contributed by atoms with E-state index in [-0.39, 0.29) is 36.0 Å². The average molecular weight is 515 g/mol. The lowest BCUT2D eigenvalue weighted by Gasteiger charge is -2.37. The third-order valence-corrected chi connectivity index (χ3v) is 5.13. The molecule has 29 heavy (non-hydrogen) atoms. The molecule has 0 bridgehead atoms. The lowest BCUT2D eigenvalue weighted by Crippen LogP contribution is -2.55. The summed E-state index contributed by atoms with van der Waals surface area (Å²) in [6, 6.07) is 10.2. The van der Waals surface area contributed by atoms with Crippen LogP contribution in [0, 0.1) is 0 Å². The Balaban J connectivity index is 0.00000300. The number of hydrogen-bond donors (Lipinski definition) is 2. The van der Waals surface area contributed by atoms with Crippen molar-refractivity contribution in [3.63, 3.8) is 0 Å². The topological polar surface area (TPSA) is 69.2 Å². The summed E-state index contributed by atoms with van der Waals surface area (Å²) in [6.07, 6.45) is 2.61. The number of nitrogens with one attached hydrogen (secondary N) is 2. The van der Waals surface area contributed by atoms with E-state index in [1.54, 1.807) is 0 Å². The molecule has 2 saturated heterocycles. The SMILES string of the molecule is CCNC(=NCCCNc1ccccc1)N1CCN(C(=O)C2CCCO2)CC1.I. The molecule has 8 heteroatoms. The number of hydrogen-bond acceptors (Lipinski definition) is 4. The van der Waals surface area contributed by atoms with Crippen LogP contribution in [-0.4, -0.2) is 80.2 Å². The Morgan fingerprint density at radius 1 is 1.17 bits per heavy atom. The summed E-state index contributed by atoms with van der Waals surface area (Å²) in [5.41, 5.74) is 1.14. The summed E-state index contributed by atoms with van der Waals surface area (Å²) in [6.45, 7) is 8.41. The maximum Gasteiger partial charge on any atom is 0.251 e. The first kappa shape index (κ1) is 23.7. The Morgan fingerprint density at radius 2 is 1.90 bits per heavy atom. The molecular weight excluding hydrogens is 481 g/mol. The molecule has 2 aliphatic rings. The molecule has 0 radical (unpaired) electrons. The molecule has 1 amide bonds. The number of nitrogens with zero attached hydrogens (tertiary/aromatic N) is 3. The van der Waals surface area contributed by atoms with Gasteiger partial charge in [-0.2, -0.15) is 0 Å². The van der Waals surface area contributed by atoms with Gasteiger partial charge in [0.05, 0.1) is 0 Å². The predicted molar refractivity (Wildman–Crippen MR) is 128 cm³/mol.